The van der Waals surface area contributed by atoms with Crippen molar-refractivity contribution >= 4 is 0 Å². The van der Waals surface area contributed by atoms with Gasteiger partial charge in [-0.05, 0) is 41.8 Å². The second-order valence-corrected chi connectivity index (χ2v) is 5.89. The largest absolute Gasteiger partial charge is 1.00 e. The van der Waals surface area contributed by atoms with Gasteiger partial charge in [0.05, 0.1) is 0 Å². The van der Waals surface area contributed by atoms with E-state index in [-0.39, 0.29) is 24.8 Å². The minimum atomic E-state index is 0. The van der Waals surface area contributed by atoms with E-state index in [2.05, 4.69) is 59.7 Å². The number of halogens is 2. The predicted molar refractivity (Wildman–Crippen MR) is 96.7 cm³/mol. The van der Waals surface area contributed by atoms with Gasteiger partial charge in [0, 0.05) is 25.5 Å². The Morgan fingerprint density at radius 1 is 0.846 bits per heavy atom. The maximum Gasteiger partial charge on any atom is 0.120 e. The molecule has 2 aromatic carbocycles. The van der Waals surface area contributed by atoms with Crippen molar-refractivity contribution in [2.45, 2.75) is 26.6 Å². The lowest BCUT2D eigenvalue weighted by atomic mass is 10.1. The highest BCUT2D eigenvalue weighted by Gasteiger charge is 1.99. The molecule has 1 heterocycles. The molecule has 0 saturated heterocycles. The summed E-state index contributed by atoms with van der Waals surface area (Å²) in [4.78, 5) is 4.12. The monoisotopic (exact) mass is 388 g/mol. The number of aryl methyl sites for hydroxylation is 1. The Morgan fingerprint density at radius 2 is 1.58 bits per heavy atom. The van der Waals surface area contributed by atoms with Gasteiger partial charge in [0.2, 0.25) is 0 Å². The summed E-state index contributed by atoms with van der Waals surface area (Å²) in [5.41, 5.74) is 4.84. The zero-order chi connectivity index (χ0) is 16.6. The van der Waals surface area contributed by atoms with E-state index >= 15 is 0 Å². The number of nitrogens with one attached hydrogen (secondary N) is 1. The summed E-state index contributed by atoms with van der Waals surface area (Å²) in [6.45, 7) is 4.29. The second kappa shape index (κ2) is 11.5. The molecule has 1 N–H and O–H groups in total. The number of benzene rings is 2. The van der Waals surface area contributed by atoms with Crippen molar-refractivity contribution in [2.24, 2.45) is 0 Å². The number of hydrogen-bond acceptors (Lipinski definition) is 3. The Hall–Kier alpha value is -2.07. The lowest BCUT2D eigenvalue weighted by molar-refractivity contribution is -0.001000. The molecule has 0 aliphatic carbocycles. The molecule has 3 rings (SSSR count). The average molecular weight is 389 g/mol. The van der Waals surface area contributed by atoms with Crippen LogP contribution in [0.3, 0.4) is 0 Å². The lowest BCUT2D eigenvalue weighted by Gasteiger charge is -2.09. The molecule has 0 saturated carbocycles. The highest BCUT2D eigenvalue weighted by molar-refractivity contribution is 5.29. The molecule has 0 radical (unpaired) electrons. The summed E-state index contributed by atoms with van der Waals surface area (Å²) in [5.74, 6) is 0.899. The minimum absolute atomic E-state index is 0. The smallest absolute Gasteiger partial charge is 0.120 e. The van der Waals surface area contributed by atoms with E-state index in [0.717, 1.165) is 18.8 Å². The molecule has 3 aromatic rings. The van der Waals surface area contributed by atoms with E-state index in [9.17, 15) is 0 Å². The van der Waals surface area contributed by atoms with Crippen molar-refractivity contribution < 1.29 is 29.6 Å². The minimum Gasteiger partial charge on any atom is -1.00 e. The Balaban J connectivity index is 0.00000169. The summed E-state index contributed by atoms with van der Waals surface area (Å²) in [6, 6.07) is 20.7. The van der Waals surface area contributed by atoms with Crippen molar-refractivity contribution in [3.63, 3.8) is 0 Å². The Labute approximate surface area is 167 Å². The summed E-state index contributed by atoms with van der Waals surface area (Å²) < 4.78 is 5.90. The first kappa shape index (κ1) is 22.0. The normalized spacial score (nSPS) is 9.73. The molecule has 0 atom stereocenters. The van der Waals surface area contributed by atoms with Gasteiger partial charge in [-0.3, -0.25) is 4.98 Å². The second-order valence-electron chi connectivity index (χ2n) is 5.89. The fraction of sp³-hybridized carbons (Fsp3) is 0.190. The molecule has 0 bridgehead atoms. The molecular formula is C21H22Cl2N2O-2. The predicted octanol–water partition coefficient (Wildman–Crippen LogP) is -1.73. The van der Waals surface area contributed by atoms with Gasteiger partial charge in [0.25, 0.3) is 0 Å². The van der Waals surface area contributed by atoms with Gasteiger partial charge in [-0.15, -0.1) is 0 Å². The van der Waals surface area contributed by atoms with Gasteiger partial charge in [-0.25, -0.2) is 0 Å². The van der Waals surface area contributed by atoms with E-state index in [0.29, 0.717) is 6.61 Å². The van der Waals surface area contributed by atoms with Crippen LogP contribution in [-0.4, -0.2) is 4.98 Å². The number of rotatable bonds is 7. The van der Waals surface area contributed by atoms with Gasteiger partial charge in [-0.1, -0.05) is 48.0 Å². The van der Waals surface area contributed by atoms with Crippen LogP contribution < -0.4 is 34.9 Å². The molecule has 0 unspecified atom stereocenters. The number of hydrogen-bond donors (Lipinski definition) is 1. The van der Waals surface area contributed by atoms with E-state index in [1.165, 1.54) is 22.3 Å². The topological polar surface area (TPSA) is 34.1 Å². The first-order chi connectivity index (χ1) is 11.8. The maximum atomic E-state index is 5.90. The molecule has 0 amide bonds. The molecule has 0 aliphatic heterocycles. The van der Waals surface area contributed by atoms with Gasteiger partial charge >= 0.3 is 0 Å². The Kier molecular flexibility index (Phi) is 9.74. The molecule has 0 aliphatic rings. The third-order valence-corrected chi connectivity index (χ3v) is 3.81. The third kappa shape index (κ3) is 7.04. The van der Waals surface area contributed by atoms with Crippen molar-refractivity contribution in [3.8, 4) is 5.75 Å². The van der Waals surface area contributed by atoms with Crippen LogP contribution >= 0.6 is 0 Å². The Bertz CT molecular complexity index is 764. The number of nitrogens with zero attached hydrogens (tertiary/aromatic N) is 1. The lowest BCUT2D eigenvalue weighted by Crippen LogP contribution is -3.00. The van der Waals surface area contributed by atoms with Crippen LogP contribution in [-0.2, 0) is 19.7 Å². The SMILES string of the molecule is Cc1ccc(COc2cccc(CNCc3cccnc3)c2)cc1.[Cl-].[Cl-]. The van der Waals surface area contributed by atoms with Crippen molar-refractivity contribution in [1.29, 1.82) is 0 Å². The Morgan fingerprint density at radius 3 is 2.31 bits per heavy atom. The van der Waals surface area contributed by atoms with Gasteiger partial charge < -0.3 is 34.9 Å². The molecule has 1 aromatic heterocycles. The van der Waals surface area contributed by atoms with Gasteiger partial charge in [-0.2, -0.15) is 0 Å². The average Bonchev–Trinajstić information content (AvgIpc) is 2.63. The molecule has 26 heavy (non-hydrogen) atoms. The van der Waals surface area contributed by atoms with Crippen LogP contribution in [0, 0.1) is 6.92 Å². The molecule has 0 fully saturated rings. The van der Waals surface area contributed by atoms with Crippen molar-refractivity contribution in [3.05, 3.63) is 95.3 Å². The maximum absolute atomic E-state index is 5.90. The number of ether oxygens (including phenoxy) is 1. The highest BCUT2D eigenvalue weighted by atomic mass is 35.5. The van der Waals surface area contributed by atoms with Crippen LogP contribution in [0.5, 0.6) is 5.75 Å². The fourth-order valence-corrected chi connectivity index (χ4v) is 2.45. The van der Waals surface area contributed by atoms with Gasteiger partial charge in [0.15, 0.2) is 0 Å². The van der Waals surface area contributed by atoms with Crippen LogP contribution in [0.15, 0.2) is 73.1 Å². The third-order valence-electron chi connectivity index (χ3n) is 3.81. The summed E-state index contributed by atoms with van der Waals surface area (Å²) in [7, 11) is 0. The summed E-state index contributed by atoms with van der Waals surface area (Å²) in [5, 5.41) is 3.43. The number of aromatic nitrogens is 1. The van der Waals surface area contributed by atoms with Crippen LogP contribution in [0.4, 0.5) is 0 Å². The van der Waals surface area contributed by atoms with E-state index in [1.54, 1.807) is 6.20 Å². The van der Waals surface area contributed by atoms with Crippen molar-refractivity contribution in [2.75, 3.05) is 0 Å². The molecular weight excluding hydrogens is 367 g/mol. The van der Waals surface area contributed by atoms with E-state index in [4.69, 9.17) is 4.74 Å². The molecule has 138 valence electrons. The molecule has 5 heteroatoms. The van der Waals surface area contributed by atoms with Crippen LogP contribution in [0.25, 0.3) is 0 Å². The zero-order valence-electron chi connectivity index (χ0n) is 14.7. The van der Waals surface area contributed by atoms with E-state index in [1.807, 2.05) is 24.4 Å². The summed E-state index contributed by atoms with van der Waals surface area (Å²) in [6.07, 6.45) is 3.67. The van der Waals surface area contributed by atoms with Crippen LogP contribution in [0.1, 0.15) is 22.3 Å². The van der Waals surface area contributed by atoms with Gasteiger partial charge in [0.1, 0.15) is 12.4 Å². The van der Waals surface area contributed by atoms with Crippen LogP contribution in [0.2, 0.25) is 0 Å². The standard InChI is InChI=1S/C21H22N2O.2ClH/c1-17-7-9-18(10-8-17)16-24-21-6-2-4-19(12-21)13-23-15-20-5-3-11-22-14-20;;/h2-12,14,23H,13,15-16H2,1H3;2*1H/p-2. The first-order valence-electron chi connectivity index (χ1n) is 8.16. The molecule has 3 nitrogen and oxygen atoms in total. The first-order valence-corrected chi connectivity index (χ1v) is 8.16. The highest BCUT2D eigenvalue weighted by Crippen LogP contribution is 2.15. The van der Waals surface area contributed by atoms with Crippen molar-refractivity contribution in [1.82, 2.24) is 10.3 Å². The number of pyridine rings is 1. The molecule has 0 spiro atoms. The fourth-order valence-electron chi connectivity index (χ4n) is 2.45. The van der Waals surface area contributed by atoms with E-state index < -0.39 is 0 Å². The summed E-state index contributed by atoms with van der Waals surface area (Å²) >= 11 is 0. The quantitative estimate of drug-likeness (QED) is 0.522. The zero-order valence-corrected chi connectivity index (χ0v) is 16.2.